The quantitative estimate of drug-likeness (QED) is 0.871. The van der Waals surface area contributed by atoms with Gasteiger partial charge in [-0.2, -0.15) is 13.2 Å². The smallest absolute Gasteiger partial charge is 0.391 e. The zero-order valence-corrected chi connectivity index (χ0v) is 16.4. The Morgan fingerprint density at radius 2 is 1.88 bits per heavy atom. The summed E-state index contributed by atoms with van der Waals surface area (Å²) in [6, 6.07) is 5.51. The van der Waals surface area contributed by atoms with Crippen LogP contribution in [0.2, 0.25) is 0 Å². The first-order valence-electron chi connectivity index (χ1n) is 9.13. The molecule has 0 aromatic heterocycles. The van der Waals surface area contributed by atoms with Gasteiger partial charge in [-0.15, -0.1) is 0 Å². The number of nitrogens with zero attached hydrogens (tertiary/aromatic N) is 2. The first-order chi connectivity index (χ1) is 11.9. The summed E-state index contributed by atoms with van der Waals surface area (Å²) in [7, 11) is 3.89. The van der Waals surface area contributed by atoms with Crippen LogP contribution in [0.15, 0.2) is 24.3 Å². The summed E-state index contributed by atoms with van der Waals surface area (Å²) in [5, 5.41) is 10.8. The molecule has 2 rings (SSSR count). The SMILES string of the molecule is CN(C)[C@]1(CCc2cccc(C(F)(F)F)c2)CN(C(C)(C)C)CC[C@H]1O. The van der Waals surface area contributed by atoms with E-state index in [2.05, 4.69) is 25.7 Å². The number of benzene rings is 1. The second-order valence-corrected chi connectivity index (χ2v) is 8.59. The average molecular weight is 372 g/mol. The molecule has 1 aromatic rings. The van der Waals surface area contributed by atoms with Gasteiger partial charge in [0, 0.05) is 18.6 Å². The number of aryl methyl sites for hydroxylation is 1. The molecule has 0 radical (unpaired) electrons. The minimum absolute atomic E-state index is 0.0163. The fourth-order valence-electron chi connectivity index (χ4n) is 3.81. The normalized spacial score (nSPS) is 25.7. The van der Waals surface area contributed by atoms with Crippen LogP contribution in [-0.2, 0) is 12.6 Å². The van der Waals surface area contributed by atoms with E-state index in [9.17, 15) is 18.3 Å². The molecule has 0 spiro atoms. The van der Waals surface area contributed by atoms with Crippen LogP contribution in [0.25, 0.3) is 0 Å². The highest BCUT2D eigenvalue weighted by Gasteiger charge is 2.46. The Kier molecular flexibility index (Phi) is 6.10. The zero-order valence-electron chi connectivity index (χ0n) is 16.4. The maximum atomic E-state index is 13.0. The van der Waals surface area contributed by atoms with Crippen LogP contribution in [0.4, 0.5) is 13.2 Å². The molecule has 1 fully saturated rings. The minimum Gasteiger partial charge on any atom is -0.391 e. The highest BCUT2D eigenvalue weighted by Crippen LogP contribution is 2.35. The predicted molar refractivity (Wildman–Crippen MR) is 98.1 cm³/mol. The molecule has 1 heterocycles. The number of hydrogen-bond donors (Lipinski definition) is 1. The number of likely N-dealkylation sites (N-methyl/N-ethyl adjacent to an activating group) is 1. The van der Waals surface area contributed by atoms with Gasteiger partial charge in [0.15, 0.2) is 0 Å². The van der Waals surface area contributed by atoms with Crippen LogP contribution in [0.3, 0.4) is 0 Å². The molecule has 0 unspecified atom stereocenters. The second-order valence-electron chi connectivity index (χ2n) is 8.59. The third-order valence-corrected chi connectivity index (χ3v) is 5.70. The Morgan fingerprint density at radius 1 is 1.23 bits per heavy atom. The van der Waals surface area contributed by atoms with Crippen LogP contribution >= 0.6 is 0 Å². The molecule has 6 heteroatoms. The summed E-state index contributed by atoms with van der Waals surface area (Å²) in [5.41, 5.74) is -0.451. The fraction of sp³-hybridized carbons (Fsp3) is 0.700. The van der Waals surface area contributed by atoms with Crippen molar-refractivity contribution in [2.75, 3.05) is 27.2 Å². The Bertz CT molecular complexity index is 610. The second kappa shape index (κ2) is 7.49. The van der Waals surface area contributed by atoms with Crippen molar-refractivity contribution < 1.29 is 18.3 Å². The molecule has 1 aliphatic rings. The molecule has 26 heavy (non-hydrogen) atoms. The molecule has 0 amide bonds. The van der Waals surface area contributed by atoms with E-state index in [1.807, 2.05) is 19.0 Å². The number of likely N-dealkylation sites (tertiary alicyclic amines) is 1. The van der Waals surface area contributed by atoms with Gasteiger partial charge in [0.25, 0.3) is 0 Å². The molecule has 1 saturated heterocycles. The third-order valence-electron chi connectivity index (χ3n) is 5.70. The first kappa shape index (κ1) is 21.2. The minimum atomic E-state index is -4.33. The fourth-order valence-corrected chi connectivity index (χ4v) is 3.81. The summed E-state index contributed by atoms with van der Waals surface area (Å²) in [6.07, 6.45) is -3.06. The van der Waals surface area contributed by atoms with Crippen LogP contribution in [0.5, 0.6) is 0 Å². The topological polar surface area (TPSA) is 26.7 Å². The molecule has 1 aromatic carbocycles. The standard InChI is InChI=1S/C20H31F3N2O/c1-18(2,3)25-12-10-17(26)19(14-25,24(4)5)11-9-15-7-6-8-16(13-15)20(21,22)23/h6-8,13,17,26H,9-12,14H2,1-5H3/t17-,19-/m1/s1. The van der Waals surface area contributed by atoms with Crippen molar-refractivity contribution in [3.8, 4) is 0 Å². The average Bonchev–Trinajstić information content (AvgIpc) is 2.52. The summed E-state index contributed by atoms with van der Waals surface area (Å²) < 4.78 is 38.9. The monoisotopic (exact) mass is 372 g/mol. The molecule has 3 nitrogen and oxygen atoms in total. The molecule has 1 aliphatic heterocycles. The van der Waals surface area contributed by atoms with Crippen LogP contribution in [-0.4, -0.2) is 59.3 Å². The van der Waals surface area contributed by atoms with Gasteiger partial charge in [-0.25, -0.2) is 0 Å². The van der Waals surface area contributed by atoms with Crippen molar-refractivity contribution in [2.45, 2.75) is 63.4 Å². The Morgan fingerprint density at radius 3 is 2.42 bits per heavy atom. The van der Waals surface area contributed by atoms with Gasteiger partial charge in [0.1, 0.15) is 0 Å². The lowest BCUT2D eigenvalue weighted by Crippen LogP contribution is -2.66. The molecular formula is C20H31F3N2O. The van der Waals surface area contributed by atoms with Crippen molar-refractivity contribution in [1.29, 1.82) is 0 Å². The first-order valence-corrected chi connectivity index (χ1v) is 9.13. The number of aliphatic hydroxyl groups excluding tert-OH is 1. The van der Waals surface area contributed by atoms with Crippen molar-refractivity contribution in [1.82, 2.24) is 9.80 Å². The molecule has 0 saturated carbocycles. The summed E-state index contributed by atoms with van der Waals surface area (Å²) in [4.78, 5) is 4.40. The largest absolute Gasteiger partial charge is 0.416 e. The molecule has 2 atom stereocenters. The summed E-state index contributed by atoms with van der Waals surface area (Å²) in [5.74, 6) is 0. The lowest BCUT2D eigenvalue weighted by atomic mass is 9.78. The Balaban J connectivity index is 2.22. The van der Waals surface area contributed by atoms with Crippen molar-refractivity contribution in [3.63, 3.8) is 0 Å². The van der Waals surface area contributed by atoms with Gasteiger partial charge in [0.05, 0.1) is 17.2 Å². The molecule has 148 valence electrons. The Hall–Kier alpha value is -1.11. The van der Waals surface area contributed by atoms with Gasteiger partial charge in [-0.05, 0) is 65.8 Å². The van der Waals surface area contributed by atoms with E-state index in [-0.39, 0.29) is 5.54 Å². The number of alkyl halides is 3. The van der Waals surface area contributed by atoms with E-state index in [1.54, 1.807) is 6.07 Å². The van der Waals surface area contributed by atoms with E-state index < -0.39 is 23.4 Å². The number of halogens is 3. The number of aliphatic hydroxyl groups is 1. The lowest BCUT2D eigenvalue weighted by Gasteiger charge is -2.53. The summed E-state index contributed by atoms with van der Waals surface area (Å²) in [6.45, 7) is 7.97. The van der Waals surface area contributed by atoms with Gasteiger partial charge < -0.3 is 10.0 Å². The molecule has 0 aliphatic carbocycles. The van der Waals surface area contributed by atoms with Crippen LogP contribution < -0.4 is 0 Å². The summed E-state index contributed by atoms with van der Waals surface area (Å²) >= 11 is 0. The molecular weight excluding hydrogens is 341 g/mol. The third kappa shape index (κ3) is 4.59. The zero-order chi connectivity index (χ0) is 19.8. The van der Waals surface area contributed by atoms with E-state index in [1.165, 1.54) is 12.1 Å². The number of piperidine rings is 1. The van der Waals surface area contributed by atoms with E-state index in [0.717, 1.165) is 12.6 Å². The maximum absolute atomic E-state index is 13.0. The maximum Gasteiger partial charge on any atom is 0.416 e. The van der Waals surface area contributed by atoms with Crippen molar-refractivity contribution >= 4 is 0 Å². The highest BCUT2D eigenvalue weighted by molar-refractivity contribution is 5.26. The van der Waals surface area contributed by atoms with E-state index in [4.69, 9.17) is 0 Å². The van der Waals surface area contributed by atoms with Crippen molar-refractivity contribution in [2.24, 2.45) is 0 Å². The van der Waals surface area contributed by atoms with Crippen LogP contribution in [0, 0.1) is 0 Å². The number of rotatable bonds is 4. The van der Waals surface area contributed by atoms with Gasteiger partial charge in [0.2, 0.25) is 0 Å². The molecule has 0 bridgehead atoms. The van der Waals surface area contributed by atoms with Crippen LogP contribution in [0.1, 0.15) is 44.7 Å². The number of hydrogen-bond acceptors (Lipinski definition) is 3. The lowest BCUT2D eigenvalue weighted by molar-refractivity contribution is -0.137. The van der Waals surface area contributed by atoms with E-state index >= 15 is 0 Å². The van der Waals surface area contributed by atoms with Crippen molar-refractivity contribution in [3.05, 3.63) is 35.4 Å². The predicted octanol–water partition coefficient (Wildman–Crippen LogP) is 3.80. The van der Waals surface area contributed by atoms with Gasteiger partial charge in [-0.1, -0.05) is 18.2 Å². The molecule has 1 N–H and O–H groups in total. The van der Waals surface area contributed by atoms with E-state index in [0.29, 0.717) is 31.4 Å². The van der Waals surface area contributed by atoms with Gasteiger partial charge in [-0.3, -0.25) is 4.90 Å². The van der Waals surface area contributed by atoms with Gasteiger partial charge >= 0.3 is 6.18 Å². The highest BCUT2D eigenvalue weighted by atomic mass is 19.4. The Labute approximate surface area is 154 Å².